The quantitative estimate of drug-likeness (QED) is 0.208. The Morgan fingerprint density at radius 1 is 1.44 bits per heavy atom. The van der Waals surface area contributed by atoms with E-state index in [2.05, 4.69) is 32.6 Å². The predicted octanol–water partition coefficient (Wildman–Crippen LogP) is 1.56. The fraction of sp³-hybridized carbons (Fsp3) is 0.417. The molecule has 0 aliphatic carbocycles. The number of aryl methyl sites for hydroxylation is 1. The van der Waals surface area contributed by atoms with Crippen molar-refractivity contribution >= 4 is 23.5 Å². The predicted molar refractivity (Wildman–Crippen MR) is 74.5 cm³/mol. The maximum absolute atomic E-state index is 4.33. The van der Waals surface area contributed by atoms with Gasteiger partial charge in [-0.25, -0.2) is 4.90 Å². The van der Waals surface area contributed by atoms with Gasteiger partial charge in [0, 0.05) is 25.0 Å². The summed E-state index contributed by atoms with van der Waals surface area (Å²) in [5.74, 6) is 0. The summed E-state index contributed by atoms with van der Waals surface area (Å²) in [5, 5.41) is 4.70. The molecular formula is C12H16CuN4S+2. The summed E-state index contributed by atoms with van der Waals surface area (Å²) >= 11 is 4.33. The Bertz CT molecular complexity index is 430. The third-order valence-electron chi connectivity index (χ3n) is 2.64. The van der Waals surface area contributed by atoms with Gasteiger partial charge in [-0.1, -0.05) is 6.07 Å². The molecule has 1 aliphatic heterocycles. The Labute approximate surface area is 123 Å². The van der Waals surface area contributed by atoms with E-state index < -0.39 is 0 Å². The number of hydrogen-bond donors (Lipinski definition) is 0. The molecule has 1 radical (unpaired) electrons. The fourth-order valence-corrected chi connectivity index (χ4v) is 2.01. The summed E-state index contributed by atoms with van der Waals surface area (Å²) in [7, 11) is 0. The summed E-state index contributed by atoms with van der Waals surface area (Å²) in [5.41, 5.74) is 5.86. The molecule has 0 spiro atoms. The number of likely N-dealkylation sites (tertiary alicyclic amines) is 1. The second-order valence-corrected chi connectivity index (χ2v) is 4.44. The van der Waals surface area contributed by atoms with Crippen molar-refractivity contribution in [1.29, 1.82) is 0 Å². The smallest absolute Gasteiger partial charge is 0.515 e. The van der Waals surface area contributed by atoms with E-state index in [-0.39, 0.29) is 17.1 Å². The molecule has 0 saturated carbocycles. The molecule has 0 aromatic carbocycles. The fourth-order valence-electron chi connectivity index (χ4n) is 1.76. The minimum absolute atomic E-state index is 0. The van der Waals surface area contributed by atoms with Gasteiger partial charge < -0.3 is 10.5 Å². The average molecular weight is 312 g/mol. The molecule has 0 unspecified atom stereocenters. The summed E-state index contributed by atoms with van der Waals surface area (Å²) in [6.07, 6.45) is 4.07. The van der Waals surface area contributed by atoms with Gasteiger partial charge >= 0.3 is 17.1 Å². The maximum atomic E-state index is 4.33. The minimum Gasteiger partial charge on any atom is -0.515 e. The molecule has 0 N–H and O–H groups in total. The molecule has 0 bridgehead atoms. The van der Waals surface area contributed by atoms with Crippen molar-refractivity contribution in [2.45, 2.75) is 19.8 Å². The van der Waals surface area contributed by atoms with Crippen LogP contribution in [0, 0.1) is 6.92 Å². The summed E-state index contributed by atoms with van der Waals surface area (Å²) in [6.45, 7) is 4.01. The zero-order chi connectivity index (χ0) is 12.1. The van der Waals surface area contributed by atoms with E-state index >= 15 is 0 Å². The van der Waals surface area contributed by atoms with Crippen LogP contribution in [0.4, 0.5) is 0 Å². The normalized spacial score (nSPS) is 15.6. The van der Waals surface area contributed by atoms with Crippen LogP contribution in [0.3, 0.4) is 0 Å². The first-order valence-electron chi connectivity index (χ1n) is 5.74. The third kappa shape index (κ3) is 4.46. The molecule has 1 aliphatic rings. The maximum Gasteiger partial charge on any atom is 2.00 e. The Kier molecular flexibility index (Phi) is 6.43. The molecule has 0 atom stereocenters. The monoisotopic (exact) mass is 311 g/mol. The van der Waals surface area contributed by atoms with Crippen molar-refractivity contribution in [3.05, 3.63) is 35.0 Å². The van der Waals surface area contributed by atoms with Gasteiger partial charge in [-0.3, -0.25) is 4.98 Å². The Hall–Kier alpha value is -0.811. The summed E-state index contributed by atoms with van der Waals surface area (Å²) in [6, 6.07) is 5.81. The topological polar surface area (TPSA) is 42.6 Å². The van der Waals surface area contributed by atoms with Gasteiger partial charge in [-0.2, -0.15) is 0 Å². The van der Waals surface area contributed by atoms with Crippen LogP contribution in [0.2, 0.25) is 0 Å². The van der Waals surface area contributed by atoms with Crippen molar-refractivity contribution in [2.24, 2.45) is 5.10 Å². The zero-order valence-corrected chi connectivity index (χ0v) is 12.0. The van der Waals surface area contributed by atoms with E-state index in [0.29, 0.717) is 5.11 Å². The average Bonchev–Trinajstić information content (AvgIpc) is 2.82. The molecule has 18 heavy (non-hydrogen) atoms. The van der Waals surface area contributed by atoms with Gasteiger partial charge in [0.25, 0.3) is 0 Å². The summed E-state index contributed by atoms with van der Waals surface area (Å²) < 4.78 is 0. The Morgan fingerprint density at radius 3 is 2.83 bits per heavy atom. The largest absolute Gasteiger partial charge is 2.00 e. The van der Waals surface area contributed by atoms with E-state index in [0.717, 1.165) is 24.5 Å². The van der Waals surface area contributed by atoms with E-state index in [1.165, 1.54) is 12.8 Å². The SMILES string of the molecule is Cc1cccc(C=N[N-]C(=[SH+])N2CCCC2)n1.[Cu+2]. The first kappa shape index (κ1) is 15.2. The van der Waals surface area contributed by atoms with Gasteiger partial charge in [-0.05, 0) is 31.9 Å². The van der Waals surface area contributed by atoms with Gasteiger partial charge in [0.2, 0.25) is 0 Å². The van der Waals surface area contributed by atoms with E-state index in [1.807, 2.05) is 25.1 Å². The number of nitrogens with zero attached hydrogens (tertiary/aromatic N) is 4. The number of thiol groups is 1. The van der Waals surface area contributed by atoms with E-state index in [9.17, 15) is 0 Å². The molecule has 1 aromatic rings. The van der Waals surface area contributed by atoms with Crippen LogP contribution in [0.1, 0.15) is 24.2 Å². The molecule has 0 amide bonds. The Morgan fingerprint density at radius 2 is 2.17 bits per heavy atom. The van der Waals surface area contributed by atoms with Crippen molar-refractivity contribution in [3.63, 3.8) is 0 Å². The van der Waals surface area contributed by atoms with Crippen LogP contribution >= 0.6 is 0 Å². The van der Waals surface area contributed by atoms with Crippen LogP contribution in [0.5, 0.6) is 0 Å². The van der Waals surface area contributed by atoms with Crippen molar-refractivity contribution in [2.75, 3.05) is 13.1 Å². The van der Waals surface area contributed by atoms with E-state index in [1.54, 1.807) is 6.21 Å². The van der Waals surface area contributed by atoms with Gasteiger partial charge in [0.05, 0.1) is 5.69 Å². The second kappa shape index (κ2) is 7.59. The van der Waals surface area contributed by atoms with Crippen molar-refractivity contribution in [3.8, 4) is 0 Å². The van der Waals surface area contributed by atoms with Crippen LogP contribution in [-0.2, 0) is 29.3 Å². The zero-order valence-electron chi connectivity index (χ0n) is 10.2. The van der Waals surface area contributed by atoms with Gasteiger partial charge in [0.15, 0.2) is 17.3 Å². The van der Waals surface area contributed by atoms with Crippen LogP contribution < -0.4 is 0 Å². The molecule has 2 heterocycles. The van der Waals surface area contributed by atoms with Gasteiger partial charge in [-0.15, -0.1) is 0 Å². The van der Waals surface area contributed by atoms with Crippen LogP contribution in [0.25, 0.3) is 5.43 Å². The molecule has 1 fully saturated rings. The first-order valence-corrected chi connectivity index (χ1v) is 6.19. The number of rotatable bonds is 2. The number of aromatic nitrogens is 1. The molecule has 1 aromatic heterocycles. The van der Waals surface area contributed by atoms with Crippen LogP contribution in [-0.4, -0.2) is 34.3 Å². The minimum atomic E-state index is 0. The number of pyridine rings is 1. The van der Waals surface area contributed by atoms with Crippen LogP contribution in [0.15, 0.2) is 23.3 Å². The molecule has 6 heteroatoms. The molecule has 2 rings (SSSR count). The van der Waals surface area contributed by atoms with E-state index in [4.69, 9.17) is 0 Å². The van der Waals surface area contributed by atoms with Crippen molar-refractivity contribution in [1.82, 2.24) is 9.88 Å². The standard InChI is InChI=1S/C12H16N4S.Cu/c1-10-5-4-6-11(14-10)9-13-15-12(17)16-7-2-3-8-16;/h4-6,9H,2-3,7-8H2,1H3,(H,14,15,17);/q;+2. The van der Waals surface area contributed by atoms with Crippen molar-refractivity contribution < 1.29 is 17.1 Å². The number of hydrogen-bond acceptors (Lipinski definition) is 2. The third-order valence-corrected chi connectivity index (χ3v) is 3.01. The second-order valence-electron chi connectivity index (χ2n) is 4.04. The van der Waals surface area contributed by atoms with Gasteiger partial charge in [0.1, 0.15) is 0 Å². The summed E-state index contributed by atoms with van der Waals surface area (Å²) in [4.78, 5) is 6.44. The molecule has 99 valence electrons. The molecule has 4 nitrogen and oxygen atoms in total. The first-order chi connectivity index (χ1) is 8.25. The molecule has 1 saturated heterocycles. The Balaban J connectivity index is 0.00000162. The molecular weight excluding hydrogens is 296 g/mol.